The minimum atomic E-state index is -0.510. The molecule has 1 atom stereocenters. The Balaban J connectivity index is 1.57. The van der Waals surface area contributed by atoms with Crippen molar-refractivity contribution < 1.29 is 9.59 Å². The number of fused-ring (bicyclic) bond motifs is 1. The lowest BCUT2D eigenvalue weighted by molar-refractivity contribution is -0.121. The number of benzene rings is 2. The van der Waals surface area contributed by atoms with Gasteiger partial charge in [-0.3, -0.25) is 9.59 Å². The zero-order chi connectivity index (χ0) is 16.7. The number of anilines is 2. The van der Waals surface area contributed by atoms with Crippen LogP contribution in [0.5, 0.6) is 0 Å². The van der Waals surface area contributed by atoms with Crippen molar-refractivity contribution in [1.29, 1.82) is 0 Å². The summed E-state index contributed by atoms with van der Waals surface area (Å²) in [4.78, 5) is 26.4. The quantitative estimate of drug-likeness (QED) is 0.821. The lowest BCUT2D eigenvalue weighted by Gasteiger charge is -2.17. The molecule has 0 bridgehead atoms. The smallest absolute Gasteiger partial charge is 0.256 e. The first-order valence-corrected chi connectivity index (χ1v) is 8.92. The van der Waals surface area contributed by atoms with Crippen LogP contribution in [0.3, 0.4) is 0 Å². The first kappa shape index (κ1) is 15.4. The van der Waals surface area contributed by atoms with E-state index in [1.165, 1.54) is 22.4 Å². The Bertz CT molecular complexity index is 834. The van der Waals surface area contributed by atoms with Gasteiger partial charge in [-0.1, -0.05) is 18.2 Å². The topological polar surface area (TPSA) is 49.4 Å². The highest BCUT2D eigenvalue weighted by Gasteiger charge is 2.40. The third-order valence-corrected chi connectivity index (χ3v) is 5.35. The molecule has 24 heavy (non-hydrogen) atoms. The maximum absolute atomic E-state index is 12.7. The van der Waals surface area contributed by atoms with Crippen molar-refractivity contribution >= 4 is 39.1 Å². The average Bonchev–Trinajstić information content (AvgIpc) is 3.13. The molecular formula is C19H17BrN2O2. The number of rotatable bonds is 3. The van der Waals surface area contributed by atoms with Crippen molar-refractivity contribution in [3.63, 3.8) is 0 Å². The Hall–Kier alpha value is -2.14. The van der Waals surface area contributed by atoms with Crippen molar-refractivity contribution in [2.24, 2.45) is 0 Å². The third kappa shape index (κ3) is 2.63. The van der Waals surface area contributed by atoms with Gasteiger partial charge in [-0.2, -0.15) is 0 Å². The number of hydrogen-bond acceptors (Lipinski definition) is 3. The Morgan fingerprint density at radius 3 is 2.67 bits per heavy atom. The molecule has 2 aromatic carbocycles. The van der Waals surface area contributed by atoms with Crippen LogP contribution in [0.2, 0.25) is 0 Å². The number of halogens is 1. The molecule has 0 radical (unpaired) electrons. The van der Waals surface area contributed by atoms with E-state index < -0.39 is 6.04 Å². The predicted molar refractivity (Wildman–Crippen MR) is 97.1 cm³/mol. The zero-order valence-corrected chi connectivity index (χ0v) is 14.7. The fourth-order valence-corrected chi connectivity index (χ4v) is 3.96. The molecule has 5 heteroatoms. The van der Waals surface area contributed by atoms with Crippen molar-refractivity contribution in [2.75, 3.05) is 10.2 Å². The maximum Gasteiger partial charge on any atom is 0.256 e. The van der Waals surface area contributed by atoms with Gasteiger partial charge in [-0.25, -0.2) is 4.90 Å². The summed E-state index contributed by atoms with van der Waals surface area (Å²) in [5.74, 6) is -0.377. The van der Waals surface area contributed by atoms with Crippen LogP contribution in [-0.4, -0.2) is 17.9 Å². The van der Waals surface area contributed by atoms with Gasteiger partial charge in [-0.15, -0.1) is 0 Å². The third-order valence-electron chi connectivity index (χ3n) is 4.68. The van der Waals surface area contributed by atoms with Gasteiger partial charge < -0.3 is 5.32 Å². The molecule has 2 amide bonds. The normalized spacial score (nSPS) is 19.7. The molecule has 0 aromatic heterocycles. The number of carbonyl (C=O) groups excluding carboxylic acids is 2. The van der Waals surface area contributed by atoms with Crippen LogP contribution >= 0.6 is 15.9 Å². The maximum atomic E-state index is 12.7. The van der Waals surface area contributed by atoms with E-state index >= 15 is 0 Å². The number of aryl methyl sites for hydroxylation is 2. The Kier molecular flexibility index (Phi) is 3.88. The number of para-hydroxylation sites is 1. The summed E-state index contributed by atoms with van der Waals surface area (Å²) in [6.45, 7) is 0. The summed E-state index contributed by atoms with van der Waals surface area (Å²) in [5.41, 5.74) is 4.25. The number of amides is 2. The van der Waals surface area contributed by atoms with Crippen molar-refractivity contribution in [3.8, 4) is 0 Å². The molecular weight excluding hydrogens is 368 g/mol. The summed E-state index contributed by atoms with van der Waals surface area (Å²) >= 11 is 3.42. The number of carbonyl (C=O) groups is 2. The summed E-state index contributed by atoms with van der Waals surface area (Å²) in [6.07, 6.45) is 3.59. The second kappa shape index (κ2) is 6.06. The van der Waals surface area contributed by atoms with E-state index in [2.05, 4.69) is 33.4 Å². The molecule has 4 nitrogen and oxygen atoms in total. The first-order chi connectivity index (χ1) is 11.6. The monoisotopic (exact) mass is 384 g/mol. The van der Waals surface area contributed by atoms with Gasteiger partial charge in [0.1, 0.15) is 6.04 Å². The van der Waals surface area contributed by atoms with Gasteiger partial charge in [0.15, 0.2) is 0 Å². The van der Waals surface area contributed by atoms with Crippen molar-refractivity contribution in [2.45, 2.75) is 31.7 Å². The van der Waals surface area contributed by atoms with Gasteiger partial charge in [0, 0.05) is 10.2 Å². The molecule has 1 fully saturated rings. The zero-order valence-electron chi connectivity index (χ0n) is 13.1. The molecule has 1 heterocycles. The van der Waals surface area contributed by atoms with E-state index in [4.69, 9.17) is 0 Å². The van der Waals surface area contributed by atoms with Crippen LogP contribution in [0.1, 0.15) is 24.0 Å². The van der Waals surface area contributed by atoms with Crippen molar-refractivity contribution in [1.82, 2.24) is 0 Å². The van der Waals surface area contributed by atoms with E-state index in [0.29, 0.717) is 5.69 Å². The fraction of sp³-hybridized carbons (Fsp3) is 0.263. The highest BCUT2D eigenvalue weighted by Crippen LogP contribution is 2.32. The van der Waals surface area contributed by atoms with Crippen LogP contribution in [0.15, 0.2) is 46.9 Å². The van der Waals surface area contributed by atoms with E-state index in [1.54, 1.807) is 6.07 Å². The largest absolute Gasteiger partial charge is 0.373 e. The highest BCUT2D eigenvalue weighted by atomic mass is 79.9. The van der Waals surface area contributed by atoms with Gasteiger partial charge in [0.25, 0.3) is 5.91 Å². The summed E-state index contributed by atoms with van der Waals surface area (Å²) in [5, 5.41) is 3.24. The number of nitrogens with one attached hydrogen (secondary N) is 1. The van der Waals surface area contributed by atoms with E-state index in [-0.39, 0.29) is 18.2 Å². The van der Waals surface area contributed by atoms with Gasteiger partial charge in [0.05, 0.1) is 12.1 Å². The highest BCUT2D eigenvalue weighted by molar-refractivity contribution is 9.10. The van der Waals surface area contributed by atoms with Crippen LogP contribution in [0.4, 0.5) is 11.4 Å². The van der Waals surface area contributed by atoms with E-state index in [0.717, 1.165) is 23.0 Å². The molecule has 2 aromatic rings. The fourth-order valence-electron chi connectivity index (χ4n) is 3.49. The van der Waals surface area contributed by atoms with Gasteiger partial charge >= 0.3 is 0 Å². The van der Waals surface area contributed by atoms with Crippen LogP contribution < -0.4 is 10.2 Å². The summed E-state index contributed by atoms with van der Waals surface area (Å²) < 4.78 is 0.741. The molecule has 0 spiro atoms. The number of imide groups is 1. The lowest BCUT2D eigenvalue weighted by atomic mass is 10.1. The van der Waals surface area contributed by atoms with E-state index in [1.807, 2.05) is 24.3 Å². The average molecular weight is 385 g/mol. The summed E-state index contributed by atoms with van der Waals surface area (Å²) in [6, 6.07) is 13.0. The molecule has 1 aliphatic carbocycles. The van der Waals surface area contributed by atoms with Crippen LogP contribution in [0.25, 0.3) is 0 Å². The molecule has 1 saturated heterocycles. The Morgan fingerprint density at radius 1 is 1.04 bits per heavy atom. The van der Waals surface area contributed by atoms with Gasteiger partial charge in [0.2, 0.25) is 5.91 Å². The summed E-state index contributed by atoms with van der Waals surface area (Å²) in [7, 11) is 0. The molecule has 0 unspecified atom stereocenters. The minimum Gasteiger partial charge on any atom is -0.373 e. The molecule has 1 aliphatic heterocycles. The Morgan fingerprint density at radius 2 is 1.83 bits per heavy atom. The molecule has 2 aliphatic rings. The van der Waals surface area contributed by atoms with Crippen LogP contribution in [0, 0.1) is 0 Å². The second-order valence-electron chi connectivity index (χ2n) is 6.26. The van der Waals surface area contributed by atoms with Crippen LogP contribution in [-0.2, 0) is 22.4 Å². The standard InChI is InChI=1S/C19H17BrN2O2/c20-15-6-1-2-7-17(15)22-18(23)11-16(19(22)24)21-14-9-8-12-4-3-5-13(12)10-14/h1-2,6-10,16,21H,3-5,11H2/t16-/m0/s1. The SMILES string of the molecule is O=C1C[C@H](Nc2ccc3c(c2)CCC3)C(=O)N1c1ccccc1Br. The molecule has 0 saturated carbocycles. The number of nitrogens with zero attached hydrogens (tertiary/aromatic N) is 1. The lowest BCUT2D eigenvalue weighted by Crippen LogP contribution is -2.35. The predicted octanol–water partition coefficient (Wildman–Crippen LogP) is 3.68. The number of hydrogen-bond donors (Lipinski definition) is 1. The van der Waals surface area contributed by atoms with Crippen molar-refractivity contribution in [3.05, 3.63) is 58.1 Å². The van der Waals surface area contributed by atoms with Gasteiger partial charge in [-0.05, 0) is 70.6 Å². The molecule has 122 valence electrons. The minimum absolute atomic E-state index is 0.175. The first-order valence-electron chi connectivity index (χ1n) is 8.13. The van der Waals surface area contributed by atoms with E-state index in [9.17, 15) is 9.59 Å². The molecule has 1 N–H and O–H groups in total. The molecule has 4 rings (SSSR count). The second-order valence-corrected chi connectivity index (χ2v) is 7.11. The Labute approximate surface area is 149 Å².